The predicted molar refractivity (Wildman–Crippen MR) is 70.4 cm³/mol. The van der Waals surface area contributed by atoms with Crippen LogP contribution in [0, 0.1) is 13.8 Å². The molecule has 0 N–H and O–H groups in total. The number of hydrogen-bond donors (Lipinski definition) is 0. The van der Waals surface area contributed by atoms with Crippen LogP contribution in [0.5, 0.6) is 0 Å². The highest BCUT2D eigenvalue weighted by Crippen LogP contribution is 2.20. The van der Waals surface area contributed by atoms with Crippen LogP contribution >= 0.6 is 31.9 Å². The van der Waals surface area contributed by atoms with E-state index in [2.05, 4.69) is 74.2 Å². The summed E-state index contributed by atoms with van der Waals surface area (Å²) < 4.78 is 3.42. The molecule has 5 heteroatoms. The van der Waals surface area contributed by atoms with Gasteiger partial charge in [-0.25, -0.2) is 4.68 Å². The van der Waals surface area contributed by atoms with Crippen molar-refractivity contribution in [1.82, 2.24) is 15.0 Å². The van der Waals surface area contributed by atoms with Gasteiger partial charge in [-0.15, -0.1) is 5.10 Å². The minimum atomic E-state index is 0.724. The van der Waals surface area contributed by atoms with Crippen LogP contribution in [-0.2, 0) is 6.54 Å². The Hall–Kier alpha value is -0.680. The highest BCUT2D eigenvalue weighted by atomic mass is 79.9. The molecule has 0 saturated carbocycles. The largest absolute Gasteiger partial charge is 0.233 e. The molecular weight excluding hydrogens is 334 g/mol. The van der Waals surface area contributed by atoms with Crippen molar-refractivity contribution < 1.29 is 0 Å². The van der Waals surface area contributed by atoms with E-state index in [1.165, 1.54) is 16.7 Å². The third-order valence-corrected chi connectivity index (χ3v) is 4.10. The number of aromatic nitrogens is 3. The van der Waals surface area contributed by atoms with E-state index in [0.717, 1.165) is 15.8 Å². The van der Waals surface area contributed by atoms with E-state index in [4.69, 9.17) is 0 Å². The van der Waals surface area contributed by atoms with Crippen LogP contribution in [0.2, 0.25) is 0 Å². The van der Waals surface area contributed by atoms with E-state index in [0.29, 0.717) is 0 Å². The maximum absolute atomic E-state index is 4.04. The topological polar surface area (TPSA) is 30.7 Å². The zero-order valence-electron chi connectivity index (χ0n) is 9.04. The fraction of sp³-hybridized carbons (Fsp3) is 0.273. The van der Waals surface area contributed by atoms with Crippen LogP contribution in [0.3, 0.4) is 0 Å². The molecule has 2 rings (SSSR count). The number of aryl methyl sites for hydroxylation is 2. The lowest BCUT2D eigenvalue weighted by Gasteiger charge is -2.05. The molecule has 16 heavy (non-hydrogen) atoms. The van der Waals surface area contributed by atoms with E-state index >= 15 is 0 Å². The molecule has 84 valence electrons. The molecule has 1 aromatic heterocycles. The zero-order chi connectivity index (χ0) is 11.7. The molecule has 1 aromatic carbocycles. The summed E-state index contributed by atoms with van der Waals surface area (Å²) in [6, 6.07) is 6.49. The first kappa shape index (κ1) is 11.8. The molecule has 0 fully saturated rings. The van der Waals surface area contributed by atoms with Crippen molar-refractivity contribution in [3.8, 4) is 0 Å². The van der Waals surface area contributed by atoms with Crippen LogP contribution in [0.15, 0.2) is 27.4 Å². The Morgan fingerprint density at radius 3 is 2.25 bits per heavy atom. The molecule has 0 aliphatic rings. The van der Waals surface area contributed by atoms with Gasteiger partial charge in [-0.3, -0.25) is 0 Å². The van der Waals surface area contributed by atoms with Gasteiger partial charge in [0.15, 0.2) is 4.60 Å². The van der Waals surface area contributed by atoms with Crippen molar-refractivity contribution >= 4 is 31.9 Å². The van der Waals surface area contributed by atoms with Crippen LogP contribution < -0.4 is 0 Å². The number of hydrogen-bond acceptors (Lipinski definition) is 2. The van der Waals surface area contributed by atoms with Crippen molar-refractivity contribution in [3.05, 3.63) is 44.1 Å². The maximum atomic E-state index is 4.04. The van der Waals surface area contributed by atoms with Gasteiger partial charge in [-0.2, -0.15) is 0 Å². The Morgan fingerprint density at radius 1 is 1.12 bits per heavy atom. The highest BCUT2D eigenvalue weighted by molar-refractivity contribution is 9.13. The van der Waals surface area contributed by atoms with E-state index in [1.54, 1.807) is 0 Å². The molecular formula is C11H11Br2N3. The SMILES string of the molecule is Cc1cc(C)cc(Cn2nnc(Br)c2Br)c1. The van der Waals surface area contributed by atoms with Gasteiger partial charge >= 0.3 is 0 Å². The highest BCUT2D eigenvalue weighted by Gasteiger charge is 2.07. The molecule has 0 unspecified atom stereocenters. The zero-order valence-corrected chi connectivity index (χ0v) is 12.2. The first-order valence-corrected chi connectivity index (χ1v) is 6.46. The summed E-state index contributed by atoms with van der Waals surface area (Å²) in [5, 5.41) is 7.98. The van der Waals surface area contributed by atoms with Crippen LogP contribution in [-0.4, -0.2) is 15.0 Å². The Labute approximate surface area is 111 Å². The molecule has 0 aliphatic heterocycles. The Balaban J connectivity index is 2.30. The molecule has 0 spiro atoms. The number of halogens is 2. The first-order valence-electron chi connectivity index (χ1n) is 4.88. The van der Waals surface area contributed by atoms with Gasteiger partial charge in [-0.1, -0.05) is 34.5 Å². The summed E-state index contributed by atoms with van der Waals surface area (Å²) in [4.78, 5) is 0. The third kappa shape index (κ3) is 2.52. The van der Waals surface area contributed by atoms with E-state index in [1.807, 2.05) is 4.68 Å². The van der Waals surface area contributed by atoms with Crippen molar-refractivity contribution in [3.63, 3.8) is 0 Å². The van der Waals surface area contributed by atoms with Gasteiger partial charge in [-0.05, 0) is 51.3 Å². The van der Waals surface area contributed by atoms with Gasteiger partial charge < -0.3 is 0 Å². The van der Waals surface area contributed by atoms with Crippen LogP contribution in [0.1, 0.15) is 16.7 Å². The Kier molecular flexibility index (Phi) is 3.44. The standard InChI is InChI=1S/C11H11Br2N3/c1-7-3-8(2)5-9(4-7)6-16-11(13)10(12)14-15-16/h3-5H,6H2,1-2H3. The quantitative estimate of drug-likeness (QED) is 0.835. The molecule has 0 bridgehead atoms. The lowest BCUT2D eigenvalue weighted by atomic mass is 10.1. The Bertz CT molecular complexity index is 500. The molecule has 2 aromatic rings. The second kappa shape index (κ2) is 4.67. The summed E-state index contributed by atoms with van der Waals surface area (Å²) >= 11 is 6.75. The van der Waals surface area contributed by atoms with Gasteiger partial charge in [0.05, 0.1) is 6.54 Å². The summed E-state index contributed by atoms with van der Waals surface area (Å²) in [5.41, 5.74) is 3.77. The smallest absolute Gasteiger partial charge is 0.162 e. The molecule has 3 nitrogen and oxygen atoms in total. The average molecular weight is 345 g/mol. The van der Waals surface area contributed by atoms with Crippen LogP contribution in [0.25, 0.3) is 0 Å². The lowest BCUT2D eigenvalue weighted by molar-refractivity contribution is 0.637. The second-order valence-corrected chi connectivity index (χ2v) is 5.33. The van der Waals surface area contributed by atoms with E-state index in [9.17, 15) is 0 Å². The normalized spacial score (nSPS) is 10.8. The van der Waals surface area contributed by atoms with Crippen LogP contribution in [0.4, 0.5) is 0 Å². The maximum Gasteiger partial charge on any atom is 0.162 e. The minimum absolute atomic E-state index is 0.724. The van der Waals surface area contributed by atoms with Crippen molar-refractivity contribution in [2.75, 3.05) is 0 Å². The predicted octanol–water partition coefficient (Wildman–Crippen LogP) is 3.47. The molecule has 1 heterocycles. The summed E-state index contributed by atoms with van der Waals surface area (Å²) in [7, 11) is 0. The second-order valence-electron chi connectivity index (χ2n) is 3.82. The lowest BCUT2D eigenvalue weighted by Crippen LogP contribution is -2.02. The van der Waals surface area contributed by atoms with Gasteiger partial charge in [0.25, 0.3) is 0 Å². The van der Waals surface area contributed by atoms with Gasteiger partial charge in [0, 0.05) is 0 Å². The molecule has 0 radical (unpaired) electrons. The minimum Gasteiger partial charge on any atom is -0.233 e. The molecule has 0 aliphatic carbocycles. The average Bonchev–Trinajstić information content (AvgIpc) is 2.48. The molecule has 0 atom stereocenters. The van der Waals surface area contributed by atoms with E-state index in [-0.39, 0.29) is 0 Å². The van der Waals surface area contributed by atoms with Gasteiger partial charge in [0.1, 0.15) is 4.60 Å². The number of nitrogens with zero attached hydrogens (tertiary/aromatic N) is 3. The summed E-state index contributed by atoms with van der Waals surface area (Å²) in [6.45, 7) is 4.92. The Morgan fingerprint density at radius 2 is 1.75 bits per heavy atom. The van der Waals surface area contributed by atoms with Gasteiger partial charge in [0.2, 0.25) is 0 Å². The van der Waals surface area contributed by atoms with Crippen molar-refractivity contribution in [2.24, 2.45) is 0 Å². The van der Waals surface area contributed by atoms with E-state index < -0.39 is 0 Å². The summed E-state index contributed by atoms with van der Waals surface area (Å²) in [6.07, 6.45) is 0. The summed E-state index contributed by atoms with van der Waals surface area (Å²) in [5.74, 6) is 0. The van der Waals surface area contributed by atoms with Crippen molar-refractivity contribution in [1.29, 1.82) is 0 Å². The van der Waals surface area contributed by atoms with Crippen molar-refractivity contribution in [2.45, 2.75) is 20.4 Å². The monoisotopic (exact) mass is 343 g/mol. The molecule has 0 amide bonds. The number of rotatable bonds is 2. The third-order valence-electron chi connectivity index (χ3n) is 2.25. The first-order chi connectivity index (χ1) is 7.56. The fourth-order valence-corrected chi connectivity index (χ4v) is 2.27. The number of benzene rings is 1. The molecule has 0 saturated heterocycles. The fourth-order valence-electron chi connectivity index (χ4n) is 1.71.